The minimum atomic E-state index is -0.683. The van der Waals surface area contributed by atoms with Gasteiger partial charge in [-0.2, -0.15) is 0 Å². The molecule has 0 aromatic heterocycles. The van der Waals surface area contributed by atoms with E-state index in [1.54, 1.807) is 75.4 Å². The third-order valence-corrected chi connectivity index (χ3v) is 4.01. The summed E-state index contributed by atoms with van der Waals surface area (Å²) in [5, 5.41) is 10.3. The quantitative estimate of drug-likeness (QED) is 0.501. The van der Waals surface area contributed by atoms with Gasteiger partial charge in [-0.15, -0.1) is 0 Å². The zero-order valence-electron chi connectivity index (χ0n) is 18.4. The molecule has 9 nitrogen and oxygen atoms in total. The molecule has 0 saturated carbocycles. The van der Waals surface area contributed by atoms with Gasteiger partial charge in [-0.25, -0.2) is 4.79 Å². The number of rotatable bonds is 8. The first-order valence-electron chi connectivity index (χ1n) is 10.1. The van der Waals surface area contributed by atoms with Crippen molar-refractivity contribution in [3.63, 3.8) is 0 Å². The molecule has 2 aromatic carbocycles. The number of hydrogen-bond donors (Lipinski definition) is 4. The average molecular weight is 441 g/mol. The van der Waals surface area contributed by atoms with Crippen molar-refractivity contribution < 1.29 is 23.9 Å². The van der Waals surface area contributed by atoms with Gasteiger partial charge in [0.15, 0.2) is 0 Å². The lowest BCUT2D eigenvalue weighted by molar-refractivity contribution is -0.120. The SMILES string of the molecule is CC(C)(C)OC(=O)NCC(=O)NCc1ccccc1NC(=O)CNC(=O)c1ccccc1. The Morgan fingerprint density at radius 2 is 1.41 bits per heavy atom. The van der Waals surface area contributed by atoms with E-state index in [1.165, 1.54) is 0 Å². The summed E-state index contributed by atoms with van der Waals surface area (Å²) >= 11 is 0. The van der Waals surface area contributed by atoms with E-state index in [4.69, 9.17) is 4.74 Å². The maximum Gasteiger partial charge on any atom is 0.408 e. The molecule has 0 aliphatic carbocycles. The van der Waals surface area contributed by atoms with Gasteiger partial charge in [-0.1, -0.05) is 36.4 Å². The van der Waals surface area contributed by atoms with Crippen LogP contribution in [0, 0.1) is 0 Å². The Kier molecular flexibility index (Phi) is 8.76. The number of hydrogen-bond acceptors (Lipinski definition) is 5. The van der Waals surface area contributed by atoms with Gasteiger partial charge in [0.25, 0.3) is 5.91 Å². The van der Waals surface area contributed by atoms with Crippen molar-refractivity contribution >= 4 is 29.5 Å². The molecular weight excluding hydrogens is 412 g/mol. The highest BCUT2D eigenvalue weighted by molar-refractivity contribution is 5.99. The Morgan fingerprint density at radius 3 is 2.09 bits per heavy atom. The molecule has 0 unspecified atom stereocenters. The number of nitrogens with one attached hydrogen (secondary N) is 4. The highest BCUT2D eigenvalue weighted by atomic mass is 16.6. The summed E-state index contributed by atoms with van der Waals surface area (Å²) in [6.45, 7) is 4.88. The minimum absolute atomic E-state index is 0.141. The van der Waals surface area contributed by atoms with Gasteiger partial charge in [0.2, 0.25) is 11.8 Å². The standard InChI is InChI=1S/C23H28N4O5/c1-23(2,3)32-22(31)26-14-19(28)24-13-17-11-7-8-12-18(17)27-20(29)15-25-21(30)16-9-5-4-6-10-16/h4-12H,13-15H2,1-3H3,(H,24,28)(H,25,30)(H,26,31)(H,27,29). The number of carbonyl (C=O) groups excluding carboxylic acids is 4. The van der Waals surface area contributed by atoms with E-state index in [9.17, 15) is 19.2 Å². The number of para-hydroxylation sites is 1. The summed E-state index contributed by atoms with van der Waals surface area (Å²) in [6, 6.07) is 15.5. The molecule has 0 fully saturated rings. The largest absolute Gasteiger partial charge is 0.444 e. The van der Waals surface area contributed by atoms with Crippen LogP contribution in [0.4, 0.5) is 10.5 Å². The summed E-state index contributed by atoms with van der Waals surface area (Å²) in [4.78, 5) is 47.9. The third kappa shape index (κ3) is 8.86. The molecule has 4 N–H and O–H groups in total. The van der Waals surface area contributed by atoms with Crippen LogP contribution in [0.5, 0.6) is 0 Å². The van der Waals surface area contributed by atoms with E-state index < -0.39 is 23.5 Å². The van der Waals surface area contributed by atoms with E-state index in [1.807, 2.05) is 0 Å². The molecule has 2 rings (SSSR count). The van der Waals surface area contributed by atoms with Crippen LogP contribution in [-0.2, 0) is 20.9 Å². The van der Waals surface area contributed by atoms with Crippen LogP contribution >= 0.6 is 0 Å². The second-order valence-corrected chi connectivity index (χ2v) is 7.89. The molecule has 0 bridgehead atoms. The maximum atomic E-state index is 12.3. The fourth-order valence-electron chi connectivity index (χ4n) is 2.57. The average Bonchev–Trinajstić information content (AvgIpc) is 2.75. The van der Waals surface area contributed by atoms with Crippen LogP contribution in [-0.4, -0.2) is 42.5 Å². The first-order valence-corrected chi connectivity index (χ1v) is 10.1. The number of amides is 4. The van der Waals surface area contributed by atoms with Crippen molar-refractivity contribution in [3.05, 3.63) is 65.7 Å². The number of ether oxygens (including phenoxy) is 1. The fraction of sp³-hybridized carbons (Fsp3) is 0.304. The normalized spacial score (nSPS) is 10.6. The first kappa shape index (κ1) is 24.4. The monoisotopic (exact) mass is 440 g/mol. The molecule has 32 heavy (non-hydrogen) atoms. The summed E-state index contributed by atoms with van der Waals surface area (Å²) in [6.07, 6.45) is -0.683. The Bertz CT molecular complexity index is 954. The predicted molar refractivity (Wildman–Crippen MR) is 120 cm³/mol. The summed E-state index contributed by atoms with van der Waals surface area (Å²) in [5.41, 5.74) is 0.981. The summed E-state index contributed by atoms with van der Waals surface area (Å²) < 4.78 is 5.07. The molecule has 0 heterocycles. The van der Waals surface area contributed by atoms with E-state index in [-0.39, 0.29) is 25.5 Å². The second-order valence-electron chi connectivity index (χ2n) is 7.89. The number of benzene rings is 2. The van der Waals surface area contributed by atoms with Crippen LogP contribution in [0.2, 0.25) is 0 Å². The molecule has 0 saturated heterocycles. The highest BCUT2D eigenvalue weighted by Gasteiger charge is 2.16. The minimum Gasteiger partial charge on any atom is -0.444 e. The molecule has 0 aliphatic heterocycles. The van der Waals surface area contributed by atoms with Crippen molar-refractivity contribution in [1.82, 2.24) is 16.0 Å². The lowest BCUT2D eigenvalue weighted by Crippen LogP contribution is -2.39. The Hall–Kier alpha value is -3.88. The van der Waals surface area contributed by atoms with Crippen LogP contribution in [0.15, 0.2) is 54.6 Å². The Morgan fingerprint density at radius 1 is 0.781 bits per heavy atom. The van der Waals surface area contributed by atoms with Gasteiger partial charge in [-0.3, -0.25) is 14.4 Å². The van der Waals surface area contributed by atoms with Crippen LogP contribution in [0.3, 0.4) is 0 Å². The molecule has 0 spiro atoms. The lowest BCUT2D eigenvalue weighted by atomic mass is 10.1. The lowest BCUT2D eigenvalue weighted by Gasteiger charge is -2.19. The van der Waals surface area contributed by atoms with E-state index in [2.05, 4.69) is 21.3 Å². The van der Waals surface area contributed by atoms with Gasteiger partial charge in [-0.05, 0) is 44.5 Å². The van der Waals surface area contributed by atoms with Crippen molar-refractivity contribution in [2.45, 2.75) is 32.9 Å². The van der Waals surface area contributed by atoms with Crippen LogP contribution < -0.4 is 21.3 Å². The smallest absolute Gasteiger partial charge is 0.408 e. The van der Waals surface area contributed by atoms with Crippen molar-refractivity contribution in [2.75, 3.05) is 18.4 Å². The molecule has 170 valence electrons. The second kappa shape index (κ2) is 11.5. The summed E-state index contributed by atoms with van der Waals surface area (Å²) in [5.74, 6) is -1.16. The molecule has 0 aliphatic rings. The highest BCUT2D eigenvalue weighted by Crippen LogP contribution is 2.14. The number of anilines is 1. The van der Waals surface area contributed by atoms with E-state index in [0.717, 1.165) is 0 Å². The molecule has 2 aromatic rings. The topological polar surface area (TPSA) is 126 Å². The molecule has 9 heteroatoms. The first-order chi connectivity index (χ1) is 15.1. The molecule has 0 radical (unpaired) electrons. The van der Waals surface area contributed by atoms with Gasteiger partial charge in [0, 0.05) is 17.8 Å². The zero-order chi connectivity index (χ0) is 23.6. The van der Waals surface area contributed by atoms with Crippen LogP contribution in [0.25, 0.3) is 0 Å². The van der Waals surface area contributed by atoms with Gasteiger partial charge < -0.3 is 26.0 Å². The van der Waals surface area contributed by atoms with E-state index >= 15 is 0 Å². The maximum absolute atomic E-state index is 12.3. The van der Waals surface area contributed by atoms with E-state index in [0.29, 0.717) is 16.8 Å². The number of alkyl carbamates (subject to hydrolysis) is 1. The van der Waals surface area contributed by atoms with Gasteiger partial charge >= 0.3 is 6.09 Å². The molecule has 0 atom stereocenters. The van der Waals surface area contributed by atoms with Crippen molar-refractivity contribution in [2.24, 2.45) is 0 Å². The number of carbonyl (C=O) groups is 4. The zero-order valence-corrected chi connectivity index (χ0v) is 18.4. The molecular formula is C23H28N4O5. The summed E-state index contributed by atoms with van der Waals surface area (Å²) in [7, 11) is 0. The molecule has 4 amide bonds. The van der Waals surface area contributed by atoms with Crippen LogP contribution in [0.1, 0.15) is 36.7 Å². The Balaban J connectivity index is 1.81. The predicted octanol–water partition coefficient (Wildman–Crippen LogP) is 2.20. The van der Waals surface area contributed by atoms with Crippen molar-refractivity contribution in [1.29, 1.82) is 0 Å². The van der Waals surface area contributed by atoms with Crippen molar-refractivity contribution in [3.8, 4) is 0 Å². The van der Waals surface area contributed by atoms with Gasteiger partial charge in [0.1, 0.15) is 12.1 Å². The fourth-order valence-corrected chi connectivity index (χ4v) is 2.57. The third-order valence-electron chi connectivity index (χ3n) is 4.01. The Labute approximate surface area is 186 Å². The van der Waals surface area contributed by atoms with Gasteiger partial charge in [0.05, 0.1) is 6.54 Å².